The molecule has 1 aromatic rings. The molecular weight excluding hydrogens is 270 g/mol. The Morgan fingerprint density at radius 1 is 1.24 bits per heavy atom. The van der Waals surface area contributed by atoms with Crippen molar-refractivity contribution in [3.8, 4) is 5.75 Å². The first-order chi connectivity index (χ1) is 10.1. The van der Waals surface area contributed by atoms with E-state index in [2.05, 4.69) is 5.32 Å². The SMILES string of the molecule is COc1cc(NC(=O)C(C2CC2)C2CC2)ccc1C(=O)O. The molecular formula is C16H19NO4. The Kier molecular flexibility index (Phi) is 3.57. The van der Waals surface area contributed by atoms with Gasteiger partial charge in [-0.15, -0.1) is 0 Å². The van der Waals surface area contributed by atoms with Crippen molar-refractivity contribution >= 4 is 17.6 Å². The maximum Gasteiger partial charge on any atom is 0.339 e. The van der Waals surface area contributed by atoms with Gasteiger partial charge in [0.1, 0.15) is 11.3 Å². The van der Waals surface area contributed by atoms with Crippen molar-refractivity contribution in [2.24, 2.45) is 17.8 Å². The fourth-order valence-corrected chi connectivity index (χ4v) is 2.89. The van der Waals surface area contributed by atoms with Gasteiger partial charge in [0.15, 0.2) is 0 Å². The molecule has 5 nitrogen and oxygen atoms in total. The van der Waals surface area contributed by atoms with Gasteiger partial charge in [0.05, 0.1) is 7.11 Å². The molecule has 0 unspecified atom stereocenters. The van der Waals surface area contributed by atoms with Gasteiger partial charge in [-0.2, -0.15) is 0 Å². The van der Waals surface area contributed by atoms with Crippen LogP contribution in [0.15, 0.2) is 18.2 Å². The van der Waals surface area contributed by atoms with E-state index in [9.17, 15) is 9.59 Å². The van der Waals surface area contributed by atoms with Crippen LogP contribution in [0.2, 0.25) is 0 Å². The van der Waals surface area contributed by atoms with Crippen LogP contribution in [0.25, 0.3) is 0 Å². The Labute approximate surface area is 123 Å². The molecule has 3 rings (SSSR count). The zero-order valence-corrected chi connectivity index (χ0v) is 12.0. The van der Waals surface area contributed by atoms with Crippen molar-refractivity contribution in [1.29, 1.82) is 0 Å². The van der Waals surface area contributed by atoms with E-state index >= 15 is 0 Å². The highest BCUT2D eigenvalue weighted by atomic mass is 16.5. The second-order valence-corrected chi connectivity index (χ2v) is 5.91. The van der Waals surface area contributed by atoms with E-state index in [1.807, 2.05) is 0 Å². The Morgan fingerprint density at radius 3 is 2.33 bits per heavy atom. The van der Waals surface area contributed by atoms with Crippen molar-refractivity contribution in [3.63, 3.8) is 0 Å². The molecule has 112 valence electrons. The van der Waals surface area contributed by atoms with Crippen molar-refractivity contribution < 1.29 is 19.4 Å². The summed E-state index contributed by atoms with van der Waals surface area (Å²) in [5.41, 5.74) is 0.685. The number of aromatic carboxylic acids is 1. The van der Waals surface area contributed by atoms with E-state index in [1.165, 1.54) is 13.2 Å². The first kappa shape index (κ1) is 13.9. The number of amides is 1. The number of carbonyl (C=O) groups is 2. The molecule has 2 aliphatic carbocycles. The number of carboxylic acid groups (broad SMARTS) is 1. The number of methoxy groups -OCH3 is 1. The van der Waals surface area contributed by atoms with Crippen LogP contribution in [0, 0.1) is 17.8 Å². The fraction of sp³-hybridized carbons (Fsp3) is 0.500. The van der Waals surface area contributed by atoms with Crippen LogP contribution in [0.1, 0.15) is 36.0 Å². The summed E-state index contributed by atoms with van der Waals surface area (Å²) in [6, 6.07) is 4.64. The summed E-state index contributed by atoms with van der Waals surface area (Å²) < 4.78 is 5.08. The molecule has 0 heterocycles. The Balaban J connectivity index is 1.74. The number of carboxylic acids is 1. The summed E-state index contributed by atoms with van der Waals surface area (Å²) in [5.74, 6) is 0.476. The molecule has 2 fully saturated rings. The van der Waals surface area contributed by atoms with Gasteiger partial charge in [0, 0.05) is 17.7 Å². The molecule has 0 radical (unpaired) electrons. The highest BCUT2D eigenvalue weighted by Gasteiger charge is 2.45. The van der Waals surface area contributed by atoms with Gasteiger partial charge in [0.25, 0.3) is 0 Å². The first-order valence-electron chi connectivity index (χ1n) is 7.32. The van der Waals surface area contributed by atoms with Crippen molar-refractivity contribution in [2.75, 3.05) is 12.4 Å². The molecule has 0 bridgehead atoms. The van der Waals surface area contributed by atoms with E-state index in [0.29, 0.717) is 17.5 Å². The van der Waals surface area contributed by atoms with E-state index < -0.39 is 5.97 Å². The zero-order valence-electron chi connectivity index (χ0n) is 12.0. The van der Waals surface area contributed by atoms with Crippen LogP contribution in [0.3, 0.4) is 0 Å². The largest absolute Gasteiger partial charge is 0.496 e. The summed E-state index contributed by atoms with van der Waals surface area (Å²) in [6.07, 6.45) is 4.59. The predicted octanol–water partition coefficient (Wildman–Crippen LogP) is 2.77. The number of ether oxygens (including phenoxy) is 1. The first-order valence-corrected chi connectivity index (χ1v) is 7.32. The monoisotopic (exact) mass is 289 g/mol. The zero-order chi connectivity index (χ0) is 15.0. The lowest BCUT2D eigenvalue weighted by atomic mass is 9.97. The third kappa shape index (κ3) is 3.01. The summed E-state index contributed by atoms with van der Waals surface area (Å²) in [7, 11) is 1.42. The van der Waals surface area contributed by atoms with Gasteiger partial charge in [-0.3, -0.25) is 4.79 Å². The molecule has 2 N–H and O–H groups in total. The van der Waals surface area contributed by atoms with Crippen LogP contribution in [-0.4, -0.2) is 24.1 Å². The summed E-state index contributed by atoms with van der Waals surface area (Å²) >= 11 is 0. The molecule has 2 saturated carbocycles. The Hall–Kier alpha value is -2.04. The Bertz CT molecular complexity index is 564. The maximum atomic E-state index is 12.4. The third-order valence-corrected chi connectivity index (χ3v) is 4.26. The van der Waals surface area contributed by atoms with Gasteiger partial charge in [-0.05, 0) is 49.7 Å². The van der Waals surface area contributed by atoms with Crippen molar-refractivity contribution in [2.45, 2.75) is 25.7 Å². The van der Waals surface area contributed by atoms with Gasteiger partial charge >= 0.3 is 5.97 Å². The van der Waals surface area contributed by atoms with Crippen molar-refractivity contribution in [3.05, 3.63) is 23.8 Å². The average molecular weight is 289 g/mol. The number of rotatable bonds is 6. The molecule has 0 atom stereocenters. The van der Waals surface area contributed by atoms with Crippen LogP contribution < -0.4 is 10.1 Å². The number of benzene rings is 1. The number of nitrogens with one attached hydrogen (secondary N) is 1. The van der Waals surface area contributed by atoms with E-state index in [1.54, 1.807) is 12.1 Å². The molecule has 0 spiro atoms. The molecule has 2 aliphatic rings. The second kappa shape index (κ2) is 5.39. The van der Waals surface area contributed by atoms with Crippen LogP contribution in [-0.2, 0) is 4.79 Å². The summed E-state index contributed by atoms with van der Waals surface area (Å²) in [4.78, 5) is 23.5. The minimum atomic E-state index is -1.04. The molecule has 21 heavy (non-hydrogen) atoms. The van der Waals surface area contributed by atoms with E-state index in [-0.39, 0.29) is 23.1 Å². The molecule has 0 saturated heterocycles. The number of anilines is 1. The van der Waals surface area contributed by atoms with E-state index in [4.69, 9.17) is 9.84 Å². The summed E-state index contributed by atoms with van der Waals surface area (Å²) in [6.45, 7) is 0. The number of hydrogen-bond donors (Lipinski definition) is 2. The summed E-state index contributed by atoms with van der Waals surface area (Å²) in [5, 5.41) is 12.0. The Morgan fingerprint density at radius 2 is 1.86 bits per heavy atom. The standard InChI is InChI=1S/C16H19NO4/c1-21-13-8-11(6-7-12(13)16(19)20)17-15(18)14(9-2-3-9)10-4-5-10/h6-10,14H,2-5H2,1H3,(H,17,18)(H,19,20). The quantitative estimate of drug-likeness (QED) is 0.844. The predicted molar refractivity (Wildman–Crippen MR) is 77.5 cm³/mol. The average Bonchev–Trinajstić information content (AvgIpc) is 3.33. The molecule has 1 aromatic carbocycles. The fourth-order valence-electron chi connectivity index (χ4n) is 2.89. The van der Waals surface area contributed by atoms with Crippen molar-refractivity contribution in [1.82, 2.24) is 0 Å². The third-order valence-electron chi connectivity index (χ3n) is 4.26. The van der Waals surface area contributed by atoms with Crippen LogP contribution >= 0.6 is 0 Å². The lowest BCUT2D eigenvalue weighted by Gasteiger charge is -2.16. The lowest BCUT2D eigenvalue weighted by molar-refractivity contribution is -0.121. The van der Waals surface area contributed by atoms with Gasteiger partial charge in [-0.25, -0.2) is 4.79 Å². The molecule has 0 aromatic heterocycles. The number of hydrogen-bond acceptors (Lipinski definition) is 3. The molecule has 5 heteroatoms. The topological polar surface area (TPSA) is 75.6 Å². The smallest absolute Gasteiger partial charge is 0.339 e. The van der Waals surface area contributed by atoms with Gasteiger partial charge in [0.2, 0.25) is 5.91 Å². The minimum Gasteiger partial charge on any atom is -0.496 e. The molecule has 0 aliphatic heterocycles. The normalized spacial score (nSPS) is 17.6. The maximum absolute atomic E-state index is 12.4. The number of carbonyl (C=O) groups excluding carboxylic acids is 1. The van der Waals surface area contributed by atoms with Crippen LogP contribution in [0.4, 0.5) is 5.69 Å². The highest BCUT2D eigenvalue weighted by Crippen LogP contribution is 2.49. The lowest BCUT2D eigenvalue weighted by Crippen LogP contribution is -2.26. The van der Waals surface area contributed by atoms with Crippen LogP contribution in [0.5, 0.6) is 5.75 Å². The second-order valence-electron chi connectivity index (χ2n) is 5.91. The minimum absolute atomic E-state index is 0.0603. The molecule has 1 amide bonds. The van der Waals surface area contributed by atoms with Gasteiger partial charge in [-0.1, -0.05) is 0 Å². The van der Waals surface area contributed by atoms with Gasteiger partial charge < -0.3 is 15.2 Å². The van der Waals surface area contributed by atoms with E-state index in [0.717, 1.165) is 25.7 Å². The highest BCUT2D eigenvalue weighted by molar-refractivity contribution is 5.96.